The van der Waals surface area contributed by atoms with E-state index in [9.17, 15) is 35.9 Å². The van der Waals surface area contributed by atoms with Crippen LogP contribution in [0.2, 0.25) is 0 Å². The van der Waals surface area contributed by atoms with Gasteiger partial charge in [-0.1, -0.05) is 6.07 Å². The summed E-state index contributed by atoms with van der Waals surface area (Å²) in [7, 11) is -3.94. The fourth-order valence-electron chi connectivity index (χ4n) is 2.90. The third-order valence-electron chi connectivity index (χ3n) is 4.39. The van der Waals surface area contributed by atoms with Gasteiger partial charge in [0.2, 0.25) is 10.0 Å². The molecule has 2 aromatic rings. The second-order valence-corrected chi connectivity index (χ2v) is 8.42. The van der Waals surface area contributed by atoms with Crippen molar-refractivity contribution in [1.82, 2.24) is 4.31 Å². The second-order valence-electron chi connectivity index (χ2n) is 6.48. The van der Waals surface area contributed by atoms with Gasteiger partial charge in [-0.2, -0.15) is 17.5 Å². The molecule has 1 aliphatic heterocycles. The molecule has 6 nitrogen and oxygen atoms in total. The molecule has 0 aliphatic carbocycles. The maximum atomic E-state index is 13.4. The number of halogens is 4. The number of carbonyl (C=O) groups excluding carboxylic acids is 1. The molecule has 3 rings (SSSR count). The van der Waals surface area contributed by atoms with E-state index in [1.807, 2.05) is 0 Å². The first-order valence-electron chi connectivity index (χ1n) is 8.45. The third kappa shape index (κ3) is 4.57. The first kappa shape index (κ1) is 21.2. The minimum atomic E-state index is -4.93. The van der Waals surface area contributed by atoms with Gasteiger partial charge in [-0.15, -0.1) is 0 Å². The van der Waals surface area contributed by atoms with Gasteiger partial charge in [-0.3, -0.25) is 4.79 Å². The highest BCUT2D eigenvalue weighted by molar-refractivity contribution is 7.89. The lowest BCUT2D eigenvalue weighted by Crippen LogP contribution is -2.30. The zero-order valence-corrected chi connectivity index (χ0v) is 15.6. The third-order valence-corrected chi connectivity index (χ3v) is 6.25. The van der Waals surface area contributed by atoms with E-state index >= 15 is 0 Å². The lowest BCUT2D eigenvalue weighted by atomic mass is 10.1. The number of hydrogen-bond donors (Lipinski definition) is 2. The zero-order valence-electron chi connectivity index (χ0n) is 14.8. The van der Waals surface area contributed by atoms with Crippen molar-refractivity contribution in [2.24, 2.45) is 0 Å². The van der Waals surface area contributed by atoms with Crippen LogP contribution in [0.5, 0.6) is 0 Å². The van der Waals surface area contributed by atoms with Gasteiger partial charge in [-0.25, -0.2) is 12.8 Å². The van der Waals surface area contributed by atoms with Crippen molar-refractivity contribution in [2.75, 3.05) is 18.4 Å². The Balaban J connectivity index is 1.84. The summed E-state index contributed by atoms with van der Waals surface area (Å²) >= 11 is 0. The van der Waals surface area contributed by atoms with Crippen molar-refractivity contribution in [3.8, 4) is 0 Å². The number of benzene rings is 2. The Kier molecular flexibility index (Phi) is 5.65. The molecule has 1 amide bonds. The van der Waals surface area contributed by atoms with Gasteiger partial charge in [0.15, 0.2) is 0 Å². The monoisotopic (exact) mass is 432 g/mol. The molecule has 1 fully saturated rings. The first-order valence-corrected chi connectivity index (χ1v) is 9.89. The molecule has 156 valence electrons. The van der Waals surface area contributed by atoms with Crippen LogP contribution >= 0.6 is 0 Å². The van der Waals surface area contributed by atoms with Crippen molar-refractivity contribution >= 4 is 21.6 Å². The molecule has 11 heteroatoms. The first-order chi connectivity index (χ1) is 13.5. The zero-order chi connectivity index (χ0) is 21.4. The molecule has 1 unspecified atom stereocenters. The van der Waals surface area contributed by atoms with Gasteiger partial charge < -0.3 is 10.4 Å². The highest BCUT2D eigenvalue weighted by atomic mass is 32.2. The van der Waals surface area contributed by atoms with E-state index in [2.05, 4.69) is 5.32 Å². The summed E-state index contributed by atoms with van der Waals surface area (Å²) in [6, 6.07) is 6.98. The van der Waals surface area contributed by atoms with E-state index in [1.165, 1.54) is 18.2 Å². The number of amides is 1. The predicted molar refractivity (Wildman–Crippen MR) is 95.2 cm³/mol. The van der Waals surface area contributed by atoms with Crippen LogP contribution in [0.25, 0.3) is 0 Å². The molecule has 2 N–H and O–H groups in total. The van der Waals surface area contributed by atoms with E-state index in [1.54, 1.807) is 0 Å². The summed E-state index contributed by atoms with van der Waals surface area (Å²) in [4.78, 5) is 12.2. The largest absolute Gasteiger partial charge is 0.419 e. The van der Waals surface area contributed by atoms with Crippen molar-refractivity contribution < 1.29 is 35.9 Å². The predicted octanol–water partition coefficient (Wildman–Crippen LogP) is 2.85. The second kappa shape index (κ2) is 7.73. The van der Waals surface area contributed by atoms with Gasteiger partial charge in [0.25, 0.3) is 5.91 Å². The number of nitrogens with one attached hydrogen (secondary N) is 1. The normalized spacial score (nSPS) is 18.0. The van der Waals surface area contributed by atoms with E-state index in [4.69, 9.17) is 0 Å². The Hall–Kier alpha value is -2.50. The summed E-state index contributed by atoms with van der Waals surface area (Å²) in [6.45, 7) is 0.0737. The van der Waals surface area contributed by atoms with Crippen molar-refractivity contribution in [1.29, 1.82) is 0 Å². The van der Waals surface area contributed by atoms with Crippen LogP contribution in [0.4, 0.5) is 23.2 Å². The smallest absolute Gasteiger partial charge is 0.392 e. The van der Waals surface area contributed by atoms with E-state index in [0.29, 0.717) is 18.6 Å². The van der Waals surface area contributed by atoms with Gasteiger partial charge in [-0.05, 0) is 42.8 Å². The molecule has 1 atom stereocenters. The SMILES string of the molecule is O=C(Nc1ccc(F)c(C(F)(F)F)c1)c1cccc(S(=O)(=O)N2CCC(O)C2)c1. The van der Waals surface area contributed by atoms with Crippen LogP contribution < -0.4 is 5.32 Å². The number of anilines is 1. The Labute approximate surface area is 163 Å². The maximum Gasteiger partial charge on any atom is 0.419 e. The molecule has 0 aromatic heterocycles. The average molecular weight is 432 g/mol. The van der Waals surface area contributed by atoms with Crippen LogP contribution in [0, 0.1) is 5.82 Å². The molecule has 2 aromatic carbocycles. The van der Waals surface area contributed by atoms with Gasteiger partial charge in [0.1, 0.15) is 5.82 Å². The number of sulfonamides is 1. The maximum absolute atomic E-state index is 13.4. The number of alkyl halides is 3. The van der Waals surface area contributed by atoms with Gasteiger partial charge in [0.05, 0.1) is 16.6 Å². The number of carbonyl (C=O) groups is 1. The van der Waals surface area contributed by atoms with Gasteiger partial charge >= 0.3 is 6.18 Å². The molecular weight excluding hydrogens is 416 g/mol. The quantitative estimate of drug-likeness (QED) is 0.728. The fraction of sp³-hybridized carbons (Fsp3) is 0.278. The number of rotatable bonds is 4. The Morgan fingerprint density at radius 3 is 2.52 bits per heavy atom. The summed E-state index contributed by atoms with van der Waals surface area (Å²) in [5.74, 6) is -2.33. The van der Waals surface area contributed by atoms with Crippen LogP contribution in [-0.4, -0.2) is 42.9 Å². The Morgan fingerprint density at radius 1 is 1.17 bits per heavy atom. The molecule has 0 bridgehead atoms. The van der Waals surface area contributed by atoms with Crippen LogP contribution in [-0.2, 0) is 16.2 Å². The molecular formula is C18H16F4N2O4S. The summed E-state index contributed by atoms with van der Waals surface area (Å²) in [5.41, 5.74) is -1.93. The molecule has 0 spiro atoms. The fourth-order valence-corrected chi connectivity index (χ4v) is 4.44. The van der Waals surface area contributed by atoms with Gasteiger partial charge in [0, 0.05) is 24.3 Å². The summed E-state index contributed by atoms with van der Waals surface area (Å²) in [5, 5.41) is 11.7. The number of aliphatic hydroxyl groups is 1. The van der Waals surface area contributed by atoms with Crippen LogP contribution in [0.3, 0.4) is 0 Å². The van der Waals surface area contributed by atoms with E-state index in [-0.39, 0.29) is 29.2 Å². The lowest BCUT2D eigenvalue weighted by molar-refractivity contribution is -0.139. The molecule has 1 saturated heterocycles. The summed E-state index contributed by atoms with van der Waals surface area (Å²) in [6.07, 6.45) is -5.40. The molecule has 1 heterocycles. The standard InChI is InChI=1S/C18H16F4N2O4S/c19-16-5-4-12(9-15(16)18(20,21)22)23-17(26)11-2-1-3-14(8-11)29(27,28)24-7-6-13(25)10-24/h1-5,8-9,13,25H,6-7,10H2,(H,23,26). The molecule has 1 aliphatic rings. The molecule has 0 radical (unpaired) electrons. The minimum Gasteiger partial charge on any atom is -0.392 e. The summed E-state index contributed by atoms with van der Waals surface area (Å²) < 4.78 is 78.1. The van der Waals surface area contributed by atoms with Crippen LogP contribution in [0.1, 0.15) is 22.3 Å². The minimum absolute atomic E-state index is 0.0610. The lowest BCUT2D eigenvalue weighted by Gasteiger charge is -2.16. The average Bonchev–Trinajstić information content (AvgIpc) is 3.09. The van der Waals surface area contributed by atoms with E-state index < -0.39 is 39.6 Å². The number of β-amino-alcohol motifs (C(OH)–C–C–N with tert-alkyl or cyclic N) is 1. The highest BCUT2D eigenvalue weighted by Gasteiger charge is 2.34. The molecule has 29 heavy (non-hydrogen) atoms. The Morgan fingerprint density at radius 2 is 1.90 bits per heavy atom. The van der Waals surface area contributed by atoms with Crippen molar-refractivity contribution in [3.05, 3.63) is 59.4 Å². The number of aliphatic hydroxyl groups excluding tert-OH is 1. The van der Waals surface area contributed by atoms with Crippen molar-refractivity contribution in [3.63, 3.8) is 0 Å². The number of hydrogen-bond acceptors (Lipinski definition) is 4. The van der Waals surface area contributed by atoms with Crippen molar-refractivity contribution in [2.45, 2.75) is 23.6 Å². The molecule has 0 saturated carbocycles. The highest BCUT2D eigenvalue weighted by Crippen LogP contribution is 2.33. The number of nitrogens with zero attached hydrogens (tertiary/aromatic N) is 1. The topological polar surface area (TPSA) is 86.7 Å². The Bertz CT molecular complexity index is 1040. The van der Waals surface area contributed by atoms with E-state index in [0.717, 1.165) is 16.4 Å². The van der Waals surface area contributed by atoms with Crippen LogP contribution in [0.15, 0.2) is 47.4 Å².